The molecule has 1 heterocycles. The zero-order chi connectivity index (χ0) is 17.5. The summed E-state index contributed by atoms with van der Waals surface area (Å²) in [6, 6.07) is 5.64. The molecule has 1 aliphatic rings. The van der Waals surface area contributed by atoms with Crippen molar-refractivity contribution >= 4 is 35.8 Å². The molecule has 1 fully saturated rings. The van der Waals surface area contributed by atoms with Gasteiger partial charge in [-0.25, -0.2) is 0 Å². The lowest BCUT2D eigenvalue weighted by atomic mass is 10.1. The molecule has 2 rings (SSSR count). The number of amides is 1. The molecular formula is C16H24ClN3O4S. The molecule has 0 saturated carbocycles. The minimum absolute atomic E-state index is 0. The van der Waals surface area contributed by atoms with Crippen LogP contribution in [-0.4, -0.2) is 53.0 Å². The highest BCUT2D eigenvalue weighted by molar-refractivity contribution is 7.98. The van der Waals surface area contributed by atoms with Gasteiger partial charge in [0.25, 0.3) is 5.69 Å². The molecule has 1 aliphatic heterocycles. The van der Waals surface area contributed by atoms with E-state index in [0.717, 1.165) is 18.6 Å². The molecule has 9 heteroatoms. The Morgan fingerprint density at radius 1 is 1.40 bits per heavy atom. The Morgan fingerprint density at radius 2 is 2.00 bits per heavy atom. The highest BCUT2D eigenvalue weighted by atomic mass is 35.5. The maximum atomic E-state index is 12.3. The molecule has 1 aromatic carbocycles. The predicted octanol–water partition coefficient (Wildman–Crippen LogP) is 2.47. The molecule has 0 unspecified atom stereocenters. The van der Waals surface area contributed by atoms with Gasteiger partial charge in [0.05, 0.1) is 11.0 Å². The summed E-state index contributed by atoms with van der Waals surface area (Å²) in [7, 11) is 0. The topological polar surface area (TPSA) is 98.7 Å². The molecule has 0 aromatic heterocycles. The van der Waals surface area contributed by atoms with E-state index in [4.69, 9.17) is 10.5 Å². The molecule has 2 N–H and O–H groups in total. The van der Waals surface area contributed by atoms with Crippen LogP contribution in [0.25, 0.3) is 0 Å². The average Bonchev–Trinajstić information content (AvgIpc) is 2.60. The third-order valence-electron chi connectivity index (χ3n) is 4.05. The van der Waals surface area contributed by atoms with Crippen LogP contribution in [0.4, 0.5) is 5.69 Å². The van der Waals surface area contributed by atoms with Gasteiger partial charge in [0, 0.05) is 38.1 Å². The van der Waals surface area contributed by atoms with E-state index in [9.17, 15) is 14.9 Å². The first kappa shape index (κ1) is 21.5. The van der Waals surface area contributed by atoms with Crippen LogP contribution in [0.15, 0.2) is 24.3 Å². The number of ether oxygens (including phenoxy) is 1. The van der Waals surface area contributed by atoms with Gasteiger partial charge < -0.3 is 15.4 Å². The number of nitrogens with zero attached hydrogens (tertiary/aromatic N) is 2. The largest absolute Gasteiger partial charge is 0.490 e. The number of carbonyl (C=O) groups excluding carboxylic acids is 1. The van der Waals surface area contributed by atoms with Gasteiger partial charge in [0.2, 0.25) is 5.91 Å². The van der Waals surface area contributed by atoms with E-state index in [2.05, 4.69) is 0 Å². The van der Waals surface area contributed by atoms with Crippen molar-refractivity contribution in [1.82, 2.24) is 4.90 Å². The number of nitro groups is 1. The van der Waals surface area contributed by atoms with Gasteiger partial charge in [-0.3, -0.25) is 14.9 Å². The smallest absolute Gasteiger partial charge is 0.269 e. The van der Waals surface area contributed by atoms with Gasteiger partial charge in [-0.05, 0) is 30.6 Å². The molecule has 0 bridgehead atoms. The highest BCUT2D eigenvalue weighted by Crippen LogP contribution is 2.22. The number of nitrogens with two attached hydrogens (primary N) is 1. The summed E-state index contributed by atoms with van der Waals surface area (Å²) in [5.41, 5.74) is 5.98. The Kier molecular flexibility index (Phi) is 9.02. The van der Waals surface area contributed by atoms with Crippen molar-refractivity contribution < 1.29 is 14.5 Å². The molecule has 1 atom stereocenters. The number of non-ortho nitro benzene ring substituents is 1. The molecule has 1 saturated heterocycles. The van der Waals surface area contributed by atoms with Crippen LogP contribution in [0.2, 0.25) is 0 Å². The summed E-state index contributed by atoms with van der Waals surface area (Å²) in [5.74, 6) is 1.51. The summed E-state index contributed by atoms with van der Waals surface area (Å²) in [5, 5.41) is 10.6. The zero-order valence-corrected chi connectivity index (χ0v) is 15.8. The van der Waals surface area contributed by atoms with Gasteiger partial charge in [0.1, 0.15) is 11.9 Å². The maximum absolute atomic E-state index is 12.3. The van der Waals surface area contributed by atoms with E-state index in [1.54, 1.807) is 28.8 Å². The first-order valence-electron chi connectivity index (χ1n) is 7.95. The summed E-state index contributed by atoms with van der Waals surface area (Å²) < 4.78 is 5.85. The molecule has 0 aliphatic carbocycles. The number of piperidine rings is 1. The van der Waals surface area contributed by atoms with E-state index >= 15 is 0 Å². The molecule has 7 nitrogen and oxygen atoms in total. The van der Waals surface area contributed by atoms with E-state index in [0.29, 0.717) is 25.3 Å². The van der Waals surface area contributed by atoms with Crippen LogP contribution >= 0.6 is 24.2 Å². The quantitative estimate of drug-likeness (QED) is 0.568. The highest BCUT2D eigenvalue weighted by Gasteiger charge is 2.27. The first-order chi connectivity index (χ1) is 11.5. The summed E-state index contributed by atoms with van der Waals surface area (Å²) in [4.78, 5) is 24.3. The number of thioether (sulfide) groups is 1. The van der Waals surface area contributed by atoms with Gasteiger partial charge in [-0.15, -0.1) is 12.4 Å². The average molecular weight is 390 g/mol. The Morgan fingerprint density at radius 3 is 2.52 bits per heavy atom. The molecule has 140 valence electrons. The minimum Gasteiger partial charge on any atom is -0.490 e. The minimum atomic E-state index is -0.436. The lowest BCUT2D eigenvalue weighted by Gasteiger charge is -2.33. The molecule has 0 spiro atoms. The number of nitro benzene ring substituents is 1. The Hall–Kier alpha value is -1.51. The number of hydrogen-bond donors (Lipinski definition) is 1. The third-order valence-corrected chi connectivity index (χ3v) is 4.70. The van der Waals surface area contributed by atoms with Gasteiger partial charge >= 0.3 is 0 Å². The fourth-order valence-corrected chi connectivity index (χ4v) is 3.13. The molecule has 0 radical (unpaired) electrons. The zero-order valence-electron chi connectivity index (χ0n) is 14.1. The second-order valence-electron chi connectivity index (χ2n) is 5.78. The molecule has 1 amide bonds. The Labute approximate surface area is 157 Å². The fraction of sp³-hybridized carbons (Fsp3) is 0.562. The van der Waals surface area contributed by atoms with Crippen LogP contribution in [0.1, 0.15) is 19.3 Å². The molecule has 1 aromatic rings. The second-order valence-corrected chi connectivity index (χ2v) is 6.77. The van der Waals surface area contributed by atoms with Crippen LogP contribution in [0.3, 0.4) is 0 Å². The van der Waals surface area contributed by atoms with Crippen LogP contribution in [-0.2, 0) is 4.79 Å². The Balaban J connectivity index is 0.00000312. The van der Waals surface area contributed by atoms with Crippen LogP contribution < -0.4 is 10.5 Å². The van der Waals surface area contributed by atoms with Crippen LogP contribution in [0, 0.1) is 10.1 Å². The summed E-state index contributed by atoms with van der Waals surface area (Å²) >= 11 is 1.69. The summed E-state index contributed by atoms with van der Waals surface area (Å²) in [6.45, 7) is 1.26. The normalized spacial score (nSPS) is 16.0. The number of benzene rings is 1. The Bertz CT molecular complexity index is 565. The van der Waals surface area contributed by atoms with Crippen molar-refractivity contribution in [2.45, 2.75) is 31.4 Å². The van der Waals surface area contributed by atoms with Gasteiger partial charge in [0.15, 0.2) is 0 Å². The first-order valence-corrected chi connectivity index (χ1v) is 9.35. The number of halogens is 1. The molecule has 25 heavy (non-hydrogen) atoms. The third kappa shape index (κ3) is 6.37. The SMILES string of the molecule is CSCC[C@H](N)C(=O)N1CCC(Oc2ccc([N+](=O)[O-])cc2)CC1.Cl. The lowest BCUT2D eigenvalue weighted by Crippen LogP contribution is -2.48. The van der Waals surface area contributed by atoms with E-state index in [1.807, 2.05) is 6.26 Å². The van der Waals surface area contributed by atoms with Crippen molar-refractivity contribution in [3.8, 4) is 5.75 Å². The monoisotopic (exact) mass is 389 g/mol. The van der Waals surface area contributed by atoms with Crippen molar-refractivity contribution in [1.29, 1.82) is 0 Å². The van der Waals surface area contributed by atoms with Gasteiger partial charge in [-0.1, -0.05) is 0 Å². The lowest BCUT2D eigenvalue weighted by molar-refractivity contribution is -0.384. The molecular weight excluding hydrogens is 366 g/mol. The summed E-state index contributed by atoms with van der Waals surface area (Å²) in [6.07, 6.45) is 4.17. The van der Waals surface area contributed by atoms with Crippen molar-refractivity contribution in [2.24, 2.45) is 5.73 Å². The number of carbonyl (C=O) groups is 1. The second kappa shape index (κ2) is 10.5. The van der Waals surface area contributed by atoms with E-state index in [1.165, 1.54) is 12.1 Å². The number of likely N-dealkylation sites (tertiary alicyclic amines) is 1. The number of rotatable bonds is 7. The van der Waals surface area contributed by atoms with Gasteiger partial charge in [-0.2, -0.15) is 11.8 Å². The number of hydrogen-bond acceptors (Lipinski definition) is 6. The van der Waals surface area contributed by atoms with Crippen molar-refractivity contribution in [2.75, 3.05) is 25.1 Å². The standard InChI is InChI=1S/C16H23N3O4S.ClH/c1-24-11-8-15(17)16(20)18-9-6-14(7-10-18)23-13-4-2-12(3-5-13)19(21)22;/h2-5,14-15H,6-11,17H2,1H3;1H/t15-;/m0./s1. The van der Waals surface area contributed by atoms with E-state index in [-0.39, 0.29) is 30.1 Å². The maximum Gasteiger partial charge on any atom is 0.269 e. The predicted molar refractivity (Wildman–Crippen MR) is 102 cm³/mol. The van der Waals surface area contributed by atoms with E-state index < -0.39 is 11.0 Å². The fourth-order valence-electron chi connectivity index (χ4n) is 2.64. The van der Waals surface area contributed by atoms with Crippen LogP contribution in [0.5, 0.6) is 5.75 Å². The van der Waals surface area contributed by atoms with Crippen molar-refractivity contribution in [3.05, 3.63) is 34.4 Å². The van der Waals surface area contributed by atoms with Crippen molar-refractivity contribution in [3.63, 3.8) is 0 Å².